The molecule has 29 heavy (non-hydrogen) atoms. The van der Waals surface area contributed by atoms with Crippen LogP contribution in [0.15, 0.2) is 59.9 Å². The van der Waals surface area contributed by atoms with E-state index in [-0.39, 0.29) is 0 Å². The third-order valence-corrected chi connectivity index (χ3v) is 5.38. The van der Waals surface area contributed by atoms with E-state index in [0.717, 1.165) is 49.8 Å². The van der Waals surface area contributed by atoms with E-state index >= 15 is 0 Å². The molecule has 0 bridgehead atoms. The molecule has 3 aromatic rings. The summed E-state index contributed by atoms with van der Waals surface area (Å²) in [6.45, 7) is 2.63. The van der Waals surface area contributed by atoms with Gasteiger partial charge in [-0.1, -0.05) is 18.2 Å². The molecule has 2 aromatic heterocycles. The second kappa shape index (κ2) is 8.82. The summed E-state index contributed by atoms with van der Waals surface area (Å²) < 4.78 is 5.35. The van der Waals surface area contributed by atoms with Crippen LogP contribution in [0.2, 0.25) is 0 Å². The van der Waals surface area contributed by atoms with Gasteiger partial charge in [0.05, 0.1) is 7.11 Å². The number of benzene rings is 1. The Balaban J connectivity index is 1.35. The highest BCUT2D eigenvalue weighted by Crippen LogP contribution is 2.25. The van der Waals surface area contributed by atoms with Gasteiger partial charge in [-0.05, 0) is 53.8 Å². The lowest BCUT2D eigenvalue weighted by Crippen LogP contribution is -2.44. The number of fused-ring (bicyclic) bond motifs is 1. The van der Waals surface area contributed by atoms with Gasteiger partial charge in [0.25, 0.3) is 0 Å². The number of hydrogen-bond donors (Lipinski definition) is 2. The molecule has 1 aliphatic rings. The molecule has 0 amide bonds. The molecule has 6 heteroatoms. The summed E-state index contributed by atoms with van der Waals surface area (Å²) in [5.74, 6) is 1.85. The third kappa shape index (κ3) is 4.26. The van der Waals surface area contributed by atoms with Crippen LogP contribution < -0.4 is 10.1 Å². The van der Waals surface area contributed by atoms with E-state index in [2.05, 4.69) is 49.5 Å². The van der Waals surface area contributed by atoms with Crippen molar-refractivity contribution in [3.05, 3.63) is 66.0 Å². The molecule has 0 atom stereocenters. The van der Waals surface area contributed by atoms with Crippen molar-refractivity contribution >= 4 is 22.6 Å². The Labute approximate surface area is 171 Å². The topological polar surface area (TPSA) is 65.5 Å². The molecule has 0 saturated heterocycles. The van der Waals surface area contributed by atoms with E-state index < -0.39 is 0 Å². The summed E-state index contributed by atoms with van der Waals surface area (Å²) in [7, 11) is 3.55. The highest BCUT2D eigenvalue weighted by atomic mass is 16.5. The fourth-order valence-corrected chi connectivity index (χ4v) is 3.81. The van der Waals surface area contributed by atoms with Crippen LogP contribution in [0.25, 0.3) is 16.6 Å². The first kappa shape index (κ1) is 19.1. The number of hydrogen-bond acceptors (Lipinski definition) is 3. The molecular formula is C23H27N5O. The van der Waals surface area contributed by atoms with E-state index in [1.165, 1.54) is 22.1 Å². The Morgan fingerprint density at radius 3 is 3.03 bits per heavy atom. The van der Waals surface area contributed by atoms with Gasteiger partial charge in [-0.25, -0.2) is 4.98 Å². The predicted octanol–water partition coefficient (Wildman–Crippen LogP) is 3.48. The van der Waals surface area contributed by atoms with Gasteiger partial charge in [0.15, 0.2) is 5.96 Å². The molecule has 0 fully saturated rings. The van der Waals surface area contributed by atoms with Gasteiger partial charge in [0, 0.05) is 44.5 Å². The Morgan fingerprint density at radius 2 is 2.24 bits per heavy atom. The number of aromatic amines is 1. The molecule has 150 valence electrons. The predicted molar refractivity (Wildman–Crippen MR) is 118 cm³/mol. The van der Waals surface area contributed by atoms with Crippen molar-refractivity contribution < 1.29 is 4.74 Å². The molecule has 1 aromatic carbocycles. The van der Waals surface area contributed by atoms with Crippen LogP contribution in [0.5, 0.6) is 5.75 Å². The summed E-state index contributed by atoms with van der Waals surface area (Å²) in [5, 5.41) is 4.70. The Hall–Kier alpha value is -3.28. The van der Waals surface area contributed by atoms with Gasteiger partial charge in [0.2, 0.25) is 0 Å². The number of pyridine rings is 1. The molecule has 0 radical (unpaired) electrons. The highest BCUT2D eigenvalue weighted by Gasteiger charge is 2.16. The largest absolute Gasteiger partial charge is 0.497 e. The van der Waals surface area contributed by atoms with Crippen LogP contribution in [0.1, 0.15) is 17.5 Å². The van der Waals surface area contributed by atoms with Crippen molar-refractivity contribution in [3.8, 4) is 5.75 Å². The lowest BCUT2D eigenvalue weighted by atomic mass is 9.99. The van der Waals surface area contributed by atoms with E-state index in [0.29, 0.717) is 0 Å². The number of aliphatic imine (C=N–C) groups is 1. The van der Waals surface area contributed by atoms with Crippen LogP contribution in [0.4, 0.5) is 0 Å². The molecule has 1 aliphatic heterocycles. The maximum atomic E-state index is 5.35. The van der Waals surface area contributed by atoms with Crippen molar-refractivity contribution in [1.82, 2.24) is 20.2 Å². The Bertz CT molecular complexity index is 1040. The van der Waals surface area contributed by atoms with Gasteiger partial charge in [-0.3, -0.25) is 4.99 Å². The standard InChI is InChI=1S/C23H27N5O/c1-24-23(26-12-8-19-16-27-22-21(19)7-4-11-25-22)28-13-9-17(10-14-28)18-5-3-6-20(15-18)29-2/h3-7,9,11,15-16H,8,10,12-14H2,1-2H3,(H,24,26)(H,25,27). The van der Waals surface area contributed by atoms with Gasteiger partial charge < -0.3 is 19.9 Å². The first-order chi connectivity index (χ1) is 14.3. The van der Waals surface area contributed by atoms with Crippen LogP contribution in [0.3, 0.4) is 0 Å². The van der Waals surface area contributed by atoms with Crippen LogP contribution in [-0.4, -0.2) is 54.6 Å². The first-order valence-corrected chi connectivity index (χ1v) is 9.98. The van der Waals surface area contributed by atoms with Gasteiger partial charge >= 0.3 is 0 Å². The fraction of sp³-hybridized carbons (Fsp3) is 0.304. The number of nitrogens with zero attached hydrogens (tertiary/aromatic N) is 3. The maximum absolute atomic E-state index is 5.35. The lowest BCUT2D eigenvalue weighted by molar-refractivity contribution is 0.414. The van der Waals surface area contributed by atoms with Crippen molar-refractivity contribution in [2.75, 3.05) is 33.8 Å². The van der Waals surface area contributed by atoms with Crippen LogP contribution in [-0.2, 0) is 6.42 Å². The maximum Gasteiger partial charge on any atom is 0.193 e. The second-order valence-electron chi connectivity index (χ2n) is 7.09. The molecule has 3 heterocycles. The number of nitrogens with one attached hydrogen (secondary N) is 2. The number of H-pyrrole nitrogens is 1. The van der Waals surface area contributed by atoms with Gasteiger partial charge in [0.1, 0.15) is 11.4 Å². The Kier molecular flexibility index (Phi) is 5.79. The minimum atomic E-state index is 0.831. The Morgan fingerprint density at radius 1 is 1.31 bits per heavy atom. The highest BCUT2D eigenvalue weighted by molar-refractivity contribution is 5.82. The molecule has 0 saturated carbocycles. The van der Waals surface area contributed by atoms with E-state index in [1.54, 1.807) is 7.11 Å². The van der Waals surface area contributed by atoms with Crippen molar-refractivity contribution in [2.45, 2.75) is 12.8 Å². The zero-order valence-electron chi connectivity index (χ0n) is 17.0. The number of methoxy groups -OCH3 is 1. The summed E-state index contributed by atoms with van der Waals surface area (Å²) in [6.07, 6.45) is 8.06. The fourth-order valence-electron chi connectivity index (χ4n) is 3.81. The molecule has 6 nitrogen and oxygen atoms in total. The summed E-state index contributed by atoms with van der Waals surface area (Å²) in [5.41, 5.74) is 4.81. The van der Waals surface area contributed by atoms with E-state index in [4.69, 9.17) is 4.74 Å². The number of guanidine groups is 1. The minimum absolute atomic E-state index is 0.831. The average Bonchev–Trinajstić information content (AvgIpc) is 3.20. The smallest absolute Gasteiger partial charge is 0.193 e. The van der Waals surface area contributed by atoms with E-state index in [9.17, 15) is 0 Å². The van der Waals surface area contributed by atoms with Crippen molar-refractivity contribution in [3.63, 3.8) is 0 Å². The van der Waals surface area contributed by atoms with Crippen LogP contribution in [0, 0.1) is 0 Å². The first-order valence-electron chi connectivity index (χ1n) is 9.98. The van der Waals surface area contributed by atoms with Crippen LogP contribution >= 0.6 is 0 Å². The monoisotopic (exact) mass is 389 g/mol. The normalized spacial score (nSPS) is 14.8. The zero-order chi connectivity index (χ0) is 20.1. The number of ether oxygens (including phenoxy) is 1. The van der Waals surface area contributed by atoms with Gasteiger partial charge in [-0.2, -0.15) is 0 Å². The van der Waals surface area contributed by atoms with Gasteiger partial charge in [-0.15, -0.1) is 0 Å². The summed E-state index contributed by atoms with van der Waals surface area (Å²) >= 11 is 0. The zero-order valence-corrected chi connectivity index (χ0v) is 17.0. The van der Waals surface area contributed by atoms with Crippen molar-refractivity contribution in [1.29, 1.82) is 0 Å². The SMILES string of the molecule is CN=C(NCCc1c[nH]c2ncccc12)N1CC=C(c2cccc(OC)c2)CC1. The molecular weight excluding hydrogens is 362 g/mol. The number of aromatic nitrogens is 2. The molecule has 2 N–H and O–H groups in total. The number of rotatable bonds is 5. The summed E-state index contributed by atoms with van der Waals surface area (Å²) in [4.78, 5) is 14.4. The van der Waals surface area contributed by atoms with E-state index in [1.807, 2.05) is 37.6 Å². The summed E-state index contributed by atoms with van der Waals surface area (Å²) in [6, 6.07) is 12.4. The second-order valence-corrected chi connectivity index (χ2v) is 7.09. The average molecular weight is 390 g/mol. The lowest BCUT2D eigenvalue weighted by Gasteiger charge is -2.30. The third-order valence-electron chi connectivity index (χ3n) is 5.38. The molecule has 0 spiro atoms. The van der Waals surface area contributed by atoms with Crippen molar-refractivity contribution in [2.24, 2.45) is 4.99 Å². The minimum Gasteiger partial charge on any atom is -0.497 e. The molecule has 4 rings (SSSR count). The molecule has 0 unspecified atom stereocenters. The quantitative estimate of drug-likeness (QED) is 0.518. The molecule has 0 aliphatic carbocycles.